The third kappa shape index (κ3) is 6.06. The molecule has 3 atom stereocenters. The summed E-state index contributed by atoms with van der Waals surface area (Å²) in [6, 6.07) is 0. The lowest BCUT2D eigenvalue weighted by Gasteiger charge is -2.31. The molecule has 0 bridgehead atoms. The van der Waals surface area contributed by atoms with Crippen molar-refractivity contribution in [2.75, 3.05) is 34.3 Å². The smallest absolute Gasteiger partial charge is 0.109 e. The van der Waals surface area contributed by atoms with Crippen LogP contribution in [-0.4, -0.2) is 72.9 Å². The monoisotopic (exact) mass is 220 g/mol. The van der Waals surface area contributed by atoms with Gasteiger partial charge in [0.2, 0.25) is 0 Å². The summed E-state index contributed by atoms with van der Waals surface area (Å²) in [5.74, 6) is 0. The number of rotatable bonds is 7. The van der Waals surface area contributed by atoms with Crippen LogP contribution < -0.4 is 0 Å². The minimum atomic E-state index is -0.712. The van der Waals surface area contributed by atoms with Crippen LogP contribution in [0.15, 0.2) is 0 Å². The van der Waals surface area contributed by atoms with E-state index < -0.39 is 6.10 Å². The van der Waals surface area contributed by atoms with Crippen molar-refractivity contribution in [1.82, 2.24) is 9.80 Å². The van der Waals surface area contributed by atoms with E-state index in [0.29, 0.717) is 6.54 Å². The van der Waals surface area contributed by atoms with Crippen molar-refractivity contribution in [2.24, 2.45) is 0 Å². The molecule has 0 aliphatic carbocycles. The van der Waals surface area contributed by atoms with E-state index in [4.69, 9.17) is 9.84 Å². The Kier molecular flexibility index (Phi) is 7.04. The van der Waals surface area contributed by atoms with Crippen molar-refractivity contribution in [1.29, 1.82) is 0 Å². The van der Waals surface area contributed by atoms with Crippen LogP contribution in [0.2, 0.25) is 0 Å². The molecule has 0 aromatic heterocycles. The van der Waals surface area contributed by atoms with Crippen LogP contribution in [0.1, 0.15) is 13.8 Å². The summed E-state index contributed by atoms with van der Waals surface area (Å²) in [6.45, 7) is 4.06. The van der Waals surface area contributed by atoms with Crippen molar-refractivity contribution in [3.05, 3.63) is 0 Å². The van der Waals surface area contributed by atoms with Crippen LogP contribution in [0.25, 0.3) is 0 Å². The lowest BCUT2D eigenvalue weighted by atomic mass is 10.3. The Labute approximate surface area is 92.2 Å². The molecule has 0 rings (SSSR count). The molecule has 0 aliphatic rings. The molecule has 5 nitrogen and oxygen atoms in total. The summed E-state index contributed by atoms with van der Waals surface area (Å²) in [7, 11) is 5.74. The zero-order chi connectivity index (χ0) is 12.0. The van der Waals surface area contributed by atoms with Crippen molar-refractivity contribution in [3.63, 3.8) is 0 Å². The first-order chi connectivity index (χ1) is 6.88. The molecule has 0 radical (unpaired) electrons. The standard InChI is InChI=1S/C10H24N2O3/c1-8(11(3)4)15-9(2)12(5)6-10(14)7-13/h8-10,13-14H,6-7H2,1-5H3. The van der Waals surface area contributed by atoms with E-state index in [1.165, 1.54) is 0 Å². The van der Waals surface area contributed by atoms with Crippen LogP contribution in [0, 0.1) is 0 Å². The van der Waals surface area contributed by atoms with E-state index in [1.54, 1.807) is 0 Å². The molecule has 0 aromatic rings. The first-order valence-corrected chi connectivity index (χ1v) is 5.19. The second-order valence-electron chi connectivity index (χ2n) is 4.07. The fourth-order valence-corrected chi connectivity index (χ4v) is 1.05. The van der Waals surface area contributed by atoms with Gasteiger partial charge in [-0.1, -0.05) is 0 Å². The predicted molar refractivity (Wildman–Crippen MR) is 59.4 cm³/mol. The molecule has 0 heterocycles. The number of aliphatic hydroxyl groups excluding tert-OH is 2. The number of nitrogens with zero attached hydrogens (tertiary/aromatic N) is 2. The summed E-state index contributed by atoms with van der Waals surface area (Å²) in [4.78, 5) is 3.83. The van der Waals surface area contributed by atoms with Crippen molar-refractivity contribution >= 4 is 0 Å². The highest BCUT2D eigenvalue weighted by Crippen LogP contribution is 2.04. The molecule has 92 valence electrons. The molecule has 0 aromatic carbocycles. The van der Waals surface area contributed by atoms with Gasteiger partial charge in [0.15, 0.2) is 0 Å². The quantitative estimate of drug-likeness (QED) is 0.569. The van der Waals surface area contributed by atoms with Crippen molar-refractivity contribution in [3.8, 4) is 0 Å². The van der Waals surface area contributed by atoms with E-state index >= 15 is 0 Å². The molecule has 5 heteroatoms. The second kappa shape index (κ2) is 7.14. The highest BCUT2D eigenvalue weighted by molar-refractivity contribution is 4.62. The molecule has 0 aliphatic heterocycles. The van der Waals surface area contributed by atoms with Gasteiger partial charge in [0.25, 0.3) is 0 Å². The Hall–Kier alpha value is -0.200. The van der Waals surface area contributed by atoms with Gasteiger partial charge in [0.1, 0.15) is 12.5 Å². The Balaban J connectivity index is 3.92. The van der Waals surface area contributed by atoms with E-state index in [9.17, 15) is 5.11 Å². The maximum Gasteiger partial charge on any atom is 0.109 e. The molecule has 15 heavy (non-hydrogen) atoms. The van der Waals surface area contributed by atoms with E-state index in [0.717, 1.165) is 0 Å². The summed E-state index contributed by atoms with van der Waals surface area (Å²) in [5, 5.41) is 18.0. The zero-order valence-electron chi connectivity index (χ0n) is 10.3. The summed E-state index contributed by atoms with van der Waals surface area (Å²) in [6.07, 6.45) is -0.784. The van der Waals surface area contributed by atoms with Crippen molar-refractivity contribution < 1.29 is 14.9 Å². The number of hydrogen-bond donors (Lipinski definition) is 2. The zero-order valence-corrected chi connectivity index (χ0v) is 10.3. The Morgan fingerprint density at radius 2 is 1.67 bits per heavy atom. The van der Waals surface area contributed by atoms with Crippen LogP contribution in [0.4, 0.5) is 0 Å². The molecule has 0 spiro atoms. The molecule has 0 saturated heterocycles. The fourth-order valence-electron chi connectivity index (χ4n) is 1.05. The molecule has 3 unspecified atom stereocenters. The van der Waals surface area contributed by atoms with Crippen LogP contribution in [0.5, 0.6) is 0 Å². The Bertz CT molecular complexity index is 167. The van der Waals surface area contributed by atoms with Gasteiger partial charge < -0.3 is 14.9 Å². The minimum Gasteiger partial charge on any atom is -0.394 e. The Morgan fingerprint density at radius 1 is 1.13 bits per heavy atom. The first-order valence-electron chi connectivity index (χ1n) is 5.19. The third-order valence-corrected chi connectivity index (χ3v) is 2.45. The van der Waals surface area contributed by atoms with E-state index in [-0.39, 0.29) is 19.1 Å². The second-order valence-corrected chi connectivity index (χ2v) is 4.07. The minimum absolute atomic E-state index is 0.0220. The van der Waals surface area contributed by atoms with Gasteiger partial charge in [0.05, 0.1) is 12.7 Å². The fraction of sp³-hybridized carbons (Fsp3) is 1.00. The molecule has 0 amide bonds. The number of ether oxygens (including phenoxy) is 1. The highest BCUT2D eigenvalue weighted by Gasteiger charge is 2.16. The SMILES string of the molecule is CC(OC(C)N(C)CC(O)CO)N(C)C. The maximum absolute atomic E-state index is 9.26. The molecular weight excluding hydrogens is 196 g/mol. The Morgan fingerprint density at radius 3 is 2.07 bits per heavy atom. The largest absolute Gasteiger partial charge is 0.394 e. The van der Waals surface area contributed by atoms with Crippen molar-refractivity contribution in [2.45, 2.75) is 32.4 Å². The lowest BCUT2D eigenvalue weighted by Crippen LogP contribution is -2.42. The number of aliphatic hydroxyl groups is 2. The van der Waals surface area contributed by atoms with Gasteiger partial charge in [-0.15, -0.1) is 0 Å². The predicted octanol–water partition coefficient (Wildman–Crippen LogP) is -0.458. The van der Waals surface area contributed by atoms with Crippen LogP contribution >= 0.6 is 0 Å². The van der Waals surface area contributed by atoms with Gasteiger partial charge in [-0.05, 0) is 35.0 Å². The lowest BCUT2D eigenvalue weighted by molar-refractivity contribution is -0.128. The summed E-state index contributed by atoms with van der Waals surface area (Å²) in [5.41, 5.74) is 0. The van der Waals surface area contributed by atoms with Gasteiger partial charge in [0, 0.05) is 6.54 Å². The first kappa shape index (κ1) is 14.8. The highest BCUT2D eigenvalue weighted by atomic mass is 16.5. The summed E-state index contributed by atoms with van der Waals surface area (Å²) < 4.78 is 5.68. The van der Waals surface area contributed by atoms with Gasteiger partial charge >= 0.3 is 0 Å². The molecule has 2 N–H and O–H groups in total. The van der Waals surface area contributed by atoms with Gasteiger partial charge in [-0.25, -0.2) is 0 Å². The van der Waals surface area contributed by atoms with E-state index in [1.807, 2.05) is 44.8 Å². The number of likely N-dealkylation sites (N-methyl/N-ethyl adjacent to an activating group) is 1. The number of hydrogen-bond acceptors (Lipinski definition) is 5. The topological polar surface area (TPSA) is 56.2 Å². The molecular formula is C10H24N2O3. The third-order valence-electron chi connectivity index (χ3n) is 2.45. The van der Waals surface area contributed by atoms with E-state index in [2.05, 4.69) is 0 Å². The van der Waals surface area contributed by atoms with Gasteiger partial charge in [-0.2, -0.15) is 0 Å². The average molecular weight is 220 g/mol. The maximum atomic E-state index is 9.26. The normalized spacial score (nSPS) is 18.2. The average Bonchev–Trinajstić information content (AvgIpc) is 2.16. The van der Waals surface area contributed by atoms with Crippen LogP contribution in [0.3, 0.4) is 0 Å². The molecule has 0 saturated carbocycles. The molecule has 0 fully saturated rings. The van der Waals surface area contributed by atoms with Crippen LogP contribution in [-0.2, 0) is 4.74 Å². The van der Waals surface area contributed by atoms with Gasteiger partial charge in [-0.3, -0.25) is 9.80 Å². The summed E-state index contributed by atoms with van der Waals surface area (Å²) >= 11 is 0.